The van der Waals surface area contributed by atoms with Crippen LogP contribution < -0.4 is 0 Å². The molecule has 9 atom stereocenters. The van der Waals surface area contributed by atoms with Crippen LogP contribution in [0.1, 0.15) is 85.0 Å². The van der Waals surface area contributed by atoms with E-state index in [2.05, 4.69) is 33.4 Å². The van der Waals surface area contributed by atoms with Gasteiger partial charge >= 0.3 is 6.18 Å². The van der Waals surface area contributed by atoms with Crippen LogP contribution in [0.2, 0.25) is 0 Å². The second kappa shape index (κ2) is 8.15. The minimum atomic E-state index is -4.68. The Morgan fingerprint density at radius 1 is 1.16 bits per heavy atom. The van der Waals surface area contributed by atoms with Gasteiger partial charge in [-0.3, -0.25) is 0 Å². The molecule has 0 spiro atoms. The Morgan fingerprint density at radius 3 is 2.53 bits per heavy atom. The number of aliphatic hydroxyl groups is 2. The summed E-state index contributed by atoms with van der Waals surface area (Å²) in [6.45, 7) is 10.2. The van der Waals surface area contributed by atoms with E-state index in [1.54, 1.807) is 0 Å². The number of aliphatic hydroxyl groups excluding tert-OH is 1. The van der Waals surface area contributed by atoms with Gasteiger partial charge in [0.05, 0.1) is 6.10 Å². The van der Waals surface area contributed by atoms with E-state index in [9.17, 15) is 23.4 Å². The Hall–Kier alpha value is -0.810. The molecule has 0 radical (unpaired) electrons. The van der Waals surface area contributed by atoms with Crippen LogP contribution in [0.5, 0.6) is 0 Å². The zero-order valence-corrected chi connectivity index (χ0v) is 19.9. The van der Waals surface area contributed by atoms with Crippen molar-refractivity contribution < 1.29 is 23.4 Å². The van der Waals surface area contributed by atoms with Gasteiger partial charge in [0.1, 0.15) is 0 Å². The quantitative estimate of drug-likeness (QED) is 0.447. The Kier molecular flexibility index (Phi) is 6.19. The average molecular weight is 455 g/mol. The highest BCUT2D eigenvalue weighted by Gasteiger charge is 2.59. The Labute approximate surface area is 191 Å². The van der Waals surface area contributed by atoms with Crippen LogP contribution in [-0.4, -0.2) is 28.1 Å². The molecule has 3 fully saturated rings. The molecule has 0 heterocycles. The fourth-order valence-electron chi connectivity index (χ4n) is 8.63. The Bertz CT molecular complexity index is 760. The first-order valence-corrected chi connectivity index (χ1v) is 12.7. The summed E-state index contributed by atoms with van der Waals surface area (Å²) < 4.78 is 39.9. The molecule has 182 valence electrons. The number of hydrogen-bond acceptors (Lipinski definition) is 2. The molecule has 0 bridgehead atoms. The summed E-state index contributed by atoms with van der Waals surface area (Å²) in [5.74, 6) is 2.48. The molecule has 4 aliphatic carbocycles. The molecule has 0 aromatic heterocycles. The van der Waals surface area contributed by atoms with E-state index in [0.29, 0.717) is 36.2 Å². The number of hydrogen-bond donors (Lipinski definition) is 2. The molecular formula is C27H41F3O2. The monoisotopic (exact) mass is 454 g/mol. The molecule has 4 rings (SSSR count). The van der Waals surface area contributed by atoms with Crippen LogP contribution >= 0.6 is 0 Å². The van der Waals surface area contributed by atoms with Crippen LogP contribution in [0.25, 0.3) is 0 Å². The van der Waals surface area contributed by atoms with Gasteiger partial charge in [-0.15, -0.1) is 0 Å². The van der Waals surface area contributed by atoms with Crippen molar-refractivity contribution in [3.05, 3.63) is 24.3 Å². The van der Waals surface area contributed by atoms with Crippen molar-refractivity contribution in [1.82, 2.24) is 0 Å². The van der Waals surface area contributed by atoms with Crippen molar-refractivity contribution in [2.24, 2.45) is 40.4 Å². The number of halogens is 3. The molecule has 0 aromatic carbocycles. The van der Waals surface area contributed by atoms with Gasteiger partial charge in [-0.05, 0) is 105 Å². The molecule has 2 unspecified atom stereocenters. The topological polar surface area (TPSA) is 40.5 Å². The SMILES string of the molecule is C=CC(O)(CCC(C)[C@H]1CC[C@H]2[C@@H]3CC=C4C[C@@H](O)CC[C@]4(C)[C@H]3CC[C@]12C)C(F)(F)F. The zero-order valence-electron chi connectivity index (χ0n) is 19.9. The van der Waals surface area contributed by atoms with Crippen LogP contribution in [0, 0.1) is 40.4 Å². The highest BCUT2D eigenvalue weighted by molar-refractivity contribution is 5.25. The molecule has 0 saturated heterocycles. The van der Waals surface area contributed by atoms with Gasteiger partial charge in [0.2, 0.25) is 0 Å². The maximum atomic E-state index is 13.3. The lowest BCUT2D eigenvalue weighted by atomic mass is 9.47. The summed E-state index contributed by atoms with van der Waals surface area (Å²) in [7, 11) is 0. The number of rotatable bonds is 5. The third kappa shape index (κ3) is 3.70. The molecule has 5 heteroatoms. The van der Waals surface area contributed by atoms with E-state index in [1.165, 1.54) is 18.4 Å². The summed E-state index contributed by atoms with van der Waals surface area (Å²) in [6, 6.07) is 0. The fraction of sp³-hybridized carbons (Fsp3) is 0.852. The summed E-state index contributed by atoms with van der Waals surface area (Å²) in [4.78, 5) is 0. The smallest absolute Gasteiger partial charge is 0.393 e. The lowest BCUT2D eigenvalue weighted by Crippen LogP contribution is -2.51. The second-order valence-electron chi connectivity index (χ2n) is 12.0. The van der Waals surface area contributed by atoms with E-state index >= 15 is 0 Å². The summed E-state index contributed by atoms with van der Waals surface area (Å²) in [5, 5.41) is 20.3. The van der Waals surface area contributed by atoms with Gasteiger partial charge in [0.15, 0.2) is 5.60 Å². The summed E-state index contributed by atoms with van der Waals surface area (Å²) in [6.07, 6.45) is 6.74. The van der Waals surface area contributed by atoms with E-state index in [-0.39, 0.29) is 29.3 Å². The Morgan fingerprint density at radius 2 is 1.88 bits per heavy atom. The van der Waals surface area contributed by atoms with Crippen LogP contribution in [0.4, 0.5) is 13.2 Å². The largest absolute Gasteiger partial charge is 0.420 e. The lowest BCUT2D eigenvalue weighted by molar-refractivity contribution is -0.243. The van der Waals surface area contributed by atoms with E-state index in [4.69, 9.17) is 0 Å². The van der Waals surface area contributed by atoms with Crippen LogP contribution in [-0.2, 0) is 0 Å². The average Bonchev–Trinajstić information content (AvgIpc) is 3.08. The van der Waals surface area contributed by atoms with Gasteiger partial charge < -0.3 is 10.2 Å². The van der Waals surface area contributed by atoms with Crippen molar-refractivity contribution in [2.45, 2.75) is 103 Å². The van der Waals surface area contributed by atoms with Gasteiger partial charge in [0.25, 0.3) is 0 Å². The first kappa shape index (κ1) is 24.3. The molecule has 32 heavy (non-hydrogen) atoms. The van der Waals surface area contributed by atoms with Crippen molar-refractivity contribution >= 4 is 0 Å². The van der Waals surface area contributed by atoms with Gasteiger partial charge in [0, 0.05) is 0 Å². The molecule has 0 aromatic rings. The molecule has 0 aliphatic heterocycles. The van der Waals surface area contributed by atoms with Crippen LogP contribution in [0.15, 0.2) is 24.3 Å². The third-order valence-electron chi connectivity index (χ3n) is 10.6. The Balaban J connectivity index is 1.49. The molecule has 2 N–H and O–H groups in total. The van der Waals surface area contributed by atoms with E-state index in [1.807, 2.05) is 0 Å². The second-order valence-corrected chi connectivity index (χ2v) is 12.0. The summed E-state index contributed by atoms with van der Waals surface area (Å²) in [5.41, 5.74) is -0.941. The highest BCUT2D eigenvalue weighted by atomic mass is 19.4. The van der Waals surface area contributed by atoms with Crippen molar-refractivity contribution in [3.63, 3.8) is 0 Å². The van der Waals surface area contributed by atoms with E-state index in [0.717, 1.165) is 38.5 Å². The number of fused-ring (bicyclic) bond motifs is 5. The maximum Gasteiger partial charge on any atom is 0.420 e. The van der Waals surface area contributed by atoms with Gasteiger partial charge in [-0.2, -0.15) is 13.2 Å². The first-order chi connectivity index (χ1) is 14.9. The molecule has 2 nitrogen and oxygen atoms in total. The minimum Gasteiger partial charge on any atom is -0.393 e. The van der Waals surface area contributed by atoms with E-state index < -0.39 is 11.8 Å². The summed E-state index contributed by atoms with van der Waals surface area (Å²) >= 11 is 0. The lowest BCUT2D eigenvalue weighted by Gasteiger charge is -2.58. The highest BCUT2D eigenvalue weighted by Crippen LogP contribution is 2.67. The predicted molar refractivity (Wildman–Crippen MR) is 121 cm³/mol. The zero-order chi connectivity index (χ0) is 23.5. The van der Waals surface area contributed by atoms with Crippen molar-refractivity contribution in [2.75, 3.05) is 0 Å². The normalized spacial score (nSPS) is 44.5. The van der Waals surface area contributed by atoms with Crippen molar-refractivity contribution in [3.8, 4) is 0 Å². The molecule has 3 saturated carbocycles. The molecule has 4 aliphatic rings. The predicted octanol–water partition coefficient (Wildman–Crippen LogP) is 6.82. The first-order valence-electron chi connectivity index (χ1n) is 12.7. The van der Waals surface area contributed by atoms with Crippen LogP contribution in [0.3, 0.4) is 0 Å². The fourth-order valence-corrected chi connectivity index (χ4v) is 8.63. The molecular weight excluding hydrogens is 413 g/mol. The van der Waals surface area contributed by atoms with Gasteiger partial charge in [-0.1, -0.05) is 45.1 Å². The van der Waals surface area contributed by atoms with Gasteiger partial charge in [-0.25, -0.2) is 0 Å². The van der Waals surface area contributed by atoms with Crippen molar-refractivity contribution in [1.29, 1.82) is 0 Å². The minimum absolute atomic E-state index is 0.144. The molecule has 0 amide bonds. The third-order valence-corrected chi connectivity index (χ3v) is 10.6. The maximum absolute atomic E-state index is 13.3. The standard InChI is InChI=1S/C27H41F3O2/c1-5-26(32,27(28,29)30)15-10-17(2)21-8-9-22-20-7-6-18-16-19(31)11-13-24(18,3)23(20)12-14-25(21,22)4/h5-6,17,19-23,31-32H,1,7-16H2,2-4H3/t17?,19-,20-,21+,22-,23-,24-,25+,26?/m0/s1. The number of allylic oxidation sites excluding steroid dienone is 1. The number of alkyl halides is 3.